The molecule has 1 N–H and O–H groups in total. The molecular weight excluding hydrogens is 420 g/mol. The third-order valence-electron chi connectivity index (χ3n) is 5.97. The predicted molar refractivity (Wildman–Crippen MR) is 125 cm³/mol. The van der Waals surface area contributed by atoms with Gasteiger partial charge in [0.2, 0.25) is 17.6 Å². The van der Waals surface area contributed by atoms with E-state index in [1.54, 1.807) is 14.2 Å². The Balaban J connectivity index is 1.36. The number of piperidine rings is 1. The van der Waals surface area contributed by atoms with Crippen molar-refractivity contribution in [3.05, 3.63) is 53.9 Å². The summed E-state index contributed by atoms with van der Waals surface area (Å²) in [5.41, 5.74) is 2.88. The number of methoxy groups -OCH3 is 2. The Labute approximate surface area is 193 Å². The summed E-state index contributed by atoms with van der Waals surface area (Å²) in [6.45, 7) is 4.18. The predicted octanol–water partition coefficient (Wildman–Crippen LogP) is 4.17. The van der Waals surface area contributed by atoms with Crippen molar-refractivity contribution >= 4 is 11.6 Å². The van der Waals surface area contributed by atoms with Gasteiger partial charge < -0.3 is 19.3 Å². The first kappa shape index (κ1) is 22.8. The van der Waals surface area contributed by atoms with Gasteiger partial charge in [-0.1, -0.05) is 24.2 Å². The summed E-state index contributed by atoms with van der Waals surface area (Å²) in [5, 5.41) is 7.17. The van der Waals surface area contributed by atoms with Crippen molar-refractivity contribution < 1.29 is 18.8 Å². The molecule has 2 heterocycles. The van der Waals surface area contributed by atoms with Crippen LogP contribution < -0.4 is 14.8 Å². The van der Waals surface area contributed by atoms with Crippen LogP contribution in [0, 0.1) is 5.92 Å². The van der Waals surface area contributed by atoms with Crippen molar-refractivity contribution in [2.75, 3.05) is 32.6 Å². The van der Waals surface area contributed by atoms with Gasteiger partial charge in [0.15, 0.2) is 11.5 Å². The standard InChI is InChI=1S/C25H30N4O4/c1-4-17-7-10-20(11-8-17)26-25(30)19-6-5-13-29(15-19)16-23-27-24(28-33-23)18-9-12-21(31-2)22(14-18)32-3/h7-12,14,19H,4-6,13,15-16H2,1-3H3,(H,26,30). The number of aromatic nitrogens is 2. The molecule has 1 atom stereocenters. The SMILES string of the molecule is CCc1ccc(NC(=O)C2CCCN(Cc3nc(-c4ccc(OC)c(OC)c4)no3)C2)cc1. The highest BCUT2D eigenvalue weighted by Gasteiger charge is 2.27. The van der Waals surface area contributed by atoms with Crippen molar-refractivity contribution in [3.63, 3.8) is 0 Å². The Morgan fingerprint density at radius 1 is 1.15 bits per heavy atom. The fraction of sp³-hybridized carbons (Fsp3) is 0.400. The Bertz CT molecular complexity index is 1080. The third kappa shape index (κ3) is 5.51. The second-order valence-electron chi connectivity index (χ2n) is 8.20. The molecule has 0 bridgehead atoms. The van der Waals surface area contributed by atoms with Crippen molar-refractivity contribution in [2.45, 2.75) is 32.7 Å². The molecule has 4 rings (SSSR count). The van der Waals surface area contributed by atoms with E-state index in [9.17, 15) is 4.79 Å². The average Bonchev–Trinajstić information content (AvgIpc) is 3.32. The fourth-order valence-corrected chi connectivity index (χ4v) is 4.08. The number of nitrogens with zero attached hydrogens (tertiary/aromatic N) is 3. The first-order valence-corrected chi connectivity index (χ1v) is 11.3. The normalized spacial score (nSPS) is 16.4. The minimum Gasteiger partial charge on any atom is -0.493 e. The number of carbonyl (C=O) groups is 1. The zero-order chi connectivity index (χ0) is 23.2. The van der Waals surface area contributed by atoms with Gasteiger partial charge in [-0.05, 0) is 61.7 Å². The number of benzene rings is 2. The molecule has 1 saturated heterocycles. The van der Waals surface area contributed by atoms with Crippen molar-refractivity contribution in [1.82, 2.24) is 15.0 Å². The van der Waals surface area contributed by atoms with E-state index in [4.69, 9.17) is 14.0 Å². The fourth-order valence-electron chi connectivity index (χ4n) is 4.08. The van der Waals surface area contributed by atoms with Gasteiger partial charge in [-0.15, -0.1) is 0 Å². The zero-order valence-electron chi connectivity index (χ0n) is 19.3. The van der Waals surface area contributed by atoms with Crippen LogP contribution in [-0.4, -0.2) is 48.3 Å². The van der Waals surface area contributed by atoms with Gasteiger partial charge in [-0.2, -0.15) is 4.98 Å². The smallest absolute Gasteiger partial charge is 0.241 e. The zero-order valence-corrected chi connectivity index (χ0v) is 19.3. The van der Waals surface area contributed by atoms with Gasteiger partial charge in [0.1, 0.15) is 0 Å². The molecule has 2 aromatic carbocycles. The number of carbonyl (C=O) groups excluding carboxylic acids is 1. The molecule has 1 aromatic heterocycles. The summed E-state index contributed by atoms with van der Waals surface area (Å²) in [7, 11) is 3.19. The maximum absolute atomic E-state index is 12.8. The number of hydrogen-bond acceptors (Lipinski definition) is 7. The van der Waals surface area contributed by atoms with E-state index < -0.39 is 0 Å². The van der Waals surface area contributed by atoms with E-state index in [0.717, 1.165) is 37.1 Å². The van der Waals surface area contributed by atoms with E-state index in [1.807, 2.05) is 42.5 Å². The molecule has 3 aromatic rings. The van der Waals surface area contributed by atoms with Gasteiger partial charge in [0.05, 0.1) is 26.7 Å². The molecule has 0 saturated carbocycles. The Kier molecular flexibility index (Phi) is 7.24. The number of rotatable bonds is 8. The summed E-state index contributed by atoms with van der Waals surface area (Å²) in [5.74, 6) is 2.25. The Morgan fingerprint density at radius 2 is 1.94 bits per heavy atom. The summed E-state index contributed by atoms with van der Waals surface area (Å²) in [6, 6.07) is 13.5. The first-order chi connectivity index (χ1) is 16.1. The maximum atomic E-state index is 12.8. The quantitative estimate of drug-likeness (QED) is 0.551. The lowest BCUT2D eigenvalue weighted by Gasteiger charge is -2.30. The lowest BCUT2D eigenvalue weighted by Crippen LogP contribution is -2.40. The average molecular weight is 451 g/mol. The van der Waals surface area contributed by atoms with Crippen molar-refractivity contribution in [3.8, 4) is 22.9 Å². The summed E-state index contributed by atoms with van der Waals surface area (Å²) >= 11 is 0. The first-order valence-electron chi connectivity index (χ1n) is 11.3. The van der Waals surface area contributed by atoms with Crippen LogP contribution in [0.4, 0.5) is 5.69 Å². The number of ether oxygens (including phenoxy) is 2. The topological polar surface area (TPSA) is 89.7 Å². The molecule has 0 spiro atoms. The molecule has 1 aliphatic rings. The number of hydrogen-bond donors (Lipinski definition) is 1. The molecule has 0 aliphatic carbocycles. The van der Waals surface area contributed by atoms with Crippen LogP contribution in [0.2, 0.25) is 0 Å². The Morgan fingerprint density at radius 3 is 2.67 bits per heavy atom. The van der Waals surface area contributed by atoms with Crippen LogP contribution >= 0.6 is 0 Å². The van der Waals surface area contributed by atoms with E-state index in [2.05, 4.69) is 27.3 Å². The lowest BCUT2D eigenvalue weighted by atomic mass is 9.97. The van der Waals surface area contributed by atoms with Crippen LogP contribution in [0.5, 0.6) is 11.5 Å². The number of amides is 1. The monoisotopic (exact) mass is 450 g/mol. The van der Waals surface area contributed by atoms with Crippen molar-refractivity contribution in [1.29, 1.82) is 0 Å². The summed E-state index contributed by atoms with van der Waals surface area (Å²) < 4.78 is 16.1. The van der Waals surface area contributed by atoms with Crippen molar-refractivity contribution in [2.24, 2.45) is 5.92 Å². The highest BCUT2D eigenvalue weighted by molar-refractivity contribution is 5.92. The largest absolute Gasteiger partial charge is 0.493 e. The number of aryl methyl sites for hydroxylation is 1. The van der Waals surface area contributed by atoms with Crippen LogP contribution in [0.3, 0.4) is 0 Å². The van der Waals surface area contributed by atoms with E-state index in [-0.39, 0.29) is 11.8 Å². The van der Waals surface area contributed by atoms with Gasteiger partial charge >= 0.3 is 0 Å². The highest BCUT2D eigenvalue weighted by atomic mass is 16.5. The minimum atomic E-state index is -0.0714. The molecule has 1 unspecified atom stereocenters. The minimum absolute atomic E-state index is 0.0560. The molecule has 1 fully saturated rings. The maximum Gasteiger partial charge on any atom is 0.241 e. The van der Waals surface area contributed by atoms with Crippen LogP contribution in [-0.2, 0) is 17.8 Å². The summed E-state index contributed by atoms with van der Waals surface area (Å²) in [4.78, 5) is 19.5. The third-order valence-corrected chi connectivity index (χ3v) is 5.97. The number of likely N-dealkylation sites (tertiary alicyclic amines) is 1. The lowest BCUT2D eigenvalue weighted by molar-refractivity contribution is -0.121. The molecule has 8 nitrogen and oxygen atoms in total. The van der Waals surface area contributed by atoms with E-state index in [1.165, 1.54) is 5.56 Å². The molecule has 33 heavy (non-hydrogen) atoms. The van der Waals surface area contributed by atoms with Crippen LogP contribution in [0.25, 0.3) is 11.4 Å². The molecule has 1 amide bonds. The van der Waals surface area contributed by atoms with E-state index in [0.29, 0.717) is 36.3 Å². The molecular formula is C25H30N4O4. The summed E-state index contributed by atoms with van der Waals surface area (Å²) in [6.07, 6.45) is 2.80. The molecule has 8 heteroatoms. The Hall–Kier alpha value is -3.39. The van der Waals surface area contributed by atoms with Crippen LogP contribution in [0.1, 0.15) is 31.2 Å². The number of anilines is 1. The molecule has 0 radical (unpaired) electrons. The number of nitrogens with one attached hydrogen (secondary N) is 1. The highest BCUT2D eigenvalue weighted by Crippen LogP contribution is 2.31. The van der Waals surface area contributed by atoms with Gasteiger partial charge in [-0.25, -0.2) is 0 Å². The van der Waals surface area contributed by atoms with Gasteiger partial charge in [-0.3, -0.25) is 9.69 Å². The van der Waals surface area contributed by atoms with Crippen LogP contribution in [0.15, 0.2) is 47.0 Å². The molecule has 174 valence electrons. The van der Waals surface area contributed by atoms with Gasteiger partial charge in [0, 0.05) is 17.8 Å². The van der Waals surface area contributed by atoms with E-state index >= 15 is 0 Å². The molecule has 1 aliphatic heterocycles. The second kappa shape index (κ2) is 10.5. The second-order valence-corrected chi connectivity index (χ2v) is 8.20. The van der Waals surface area contributed by atoms with Gasteiger partial charge in [0.25, 0.3) is 0 Å².